The van der Waals surface area contributed by atoms with Crippen LogP contribution in [-0.4, -0.2) is 19.7 Å². The average molecular weight is 212 g/mol. The van der Waals surface area contributed by atoms with E-state index in [1.54, 1.807) is 7.11 Å². The summed E-state index contributed by atoms with van der Waals surface area (Å²) in [7, 11) is 1.63. The molecule has 0 radical (unpaired) electrons. The maximum atomic E-state index is 6.03. The highest BCUT2D eigenvalue weighted by molar-refractivity contribution is 6.32. The molecule has 1 fully saturated rings. The van der Waals surface area contributed by atoms with Gasteiger partial charge in [0.25, 0.3) is 0 Å². The molecular formula is C11H14ClNO. The van der Waals surface area contributed by atoms with E-state index in [4.69, 9.17) is 16.3 Å². The molecule has 1 unspecified atom stereocenters. The van der Waals surface area contributed by atoms with Crippen LogP contribution >= 0.6 is 11.6 Å². The smallest absolute Gasteiger partial charge is 0.137 e. The summed E-state index contributed by atoms with van der Waals surface area (Å²) in [6.45, 7) is 1.15. The Labute approximate surface area is 89.2 Å². The van der Waals surface area contributed by atoms with Crippen LogP contribution in [0.2, 0.25) is 5.02 Å². The monoisotopic (exact) mass is 211 g/mol. The zero-order chi connectivity index (χ0) is 9.97. The third-order valence-corrected chi connectivity index (χ3v) is 2.92. The molecule has 0 aliphatic carbocycles. The maximum absolute atomic E-state index is 6.03. The van der Waals surface area contributed by atoms with Crippen molar-refractivity contribution in [3.63, 3.8) is 0 Å². The molecule has 1 aliphatic rings. The number of hydrogen-bond donors (Lipinski definition) is 1. The average Bonchev–Trinajstić information content (AvgIpc) is 2.12. The lowest BCUT2D eigenvalue weighted by atomic mass is 9.98. The Morgan fingerprint density at radius 1 is 1.57 bits per heavy atom. The van der Waals surface area contributed by atoms with Crippen LogP contribution < -0.4 is 10.1 Å². The Balaban J connectivity index is 2.07. The minimum absolute atomic E-state index is 0.638. The molecule has 1 aromatic carbocycles. The Kier molecular flexibility index (Phi) is 2.94. The van der Waals surface area contributed by atoms with Crippen LogP contribution in [-0.2, 0) is 6.42 Å². The van der Waals surface area contributed by atoms with Crippen molar-refractivity contribution in [2.24, 2.45) is 0 Å². The van der Waals surface area contributed by atoms with Crippen LogP contribution in [0.5, 0.6) is 5.75 Å². The topological polar surface area (TPSA) is 21.3 Å². The van der Waals surface area contributed by atoms with Crippen LogP contribution in [0.25, 0.3) is 0 Å². The Morgan fingerprint density at radius 2 is 2.36 bits per heavy atom. The van der Waals surface area contributed by atoms with Crippen molar-refractivity contribution in [3.8, 4) is 5.75 Å². The van der Waals surface area contributed by atoms with Crippen LogP contribution in [0.4, 0.5) is 0 Å². The second kappa shape index (κ2) is 4.20. The van der Waals surface area contributed by atoms with Gasteiger partial charge in [0.05, 0.1) is 12.1 Å². The standard InChI is InChI=1S/C11H14ClNO/c1-14-11-3-2-8(7-10(11)12)6-9-4-5-13-9/h2-3,7,9,13H,4-6H2,1H3. The van der Waals surface area contributed by atoms with E-state index < -0.39 is 0 Å². The molecule has 1 heterocycles. The minimum atomic E-state index is 0.638. The number of benzene rings is 1. The second-order valence-corrected chi connectivity index (χ2v) is 4.02. The summed E-state index contributed by atoms with van der Waals surface area (Å²) in [5.41, 5.74) is 1.27. The zero-order valence-corrected chi connectivity index (χ0v) is 8.97. The molecule has 1 N–H and O–H groups in total. The molecule has 2 nitrogen and oxygen atoms in total. The molecule has 2 rings (SSSR count). The van der Waals surface area contributed by atoms with Gasteiger partial charge in [-0.1, -0.05) is 17.7 Å². The first-order valence-electron chi connectivity index (χ1n) is 4.85. The van der Waals surface area contributed by atoms with E-state index in [1.807, 2.05) is 12.1 Å². The van der Waals surface area contributed by atoms with Crippen molar-refractivity contribution in [1.29, 1.82) is 0 Å². The van der Waals surface area contributed by atoms with Crippen molar-refractivity contribution in [2.75, 3.05) is 13.7 Å². The van der Waals surface area contributed by atoms with E-state index in [-0.39, 0.29) is 0 Å². The van der Waals surface area contributed by atoms with Crippen LogP contribution in [0.15, 0.2) is 18.2 Å². The summed E-state index contributed by atoms with van der Waals surface area (Å²) in [5.74, 6) is 0.747. The minimum Gasteiger partial charge on any atom is -0.495 e. The van der Waals surface area contributed by atoms with Crippen LogP contribution in [0.1, 0.15) is 12.0 Å². The lowest BCUT2D eigenvalue weighted by Gasteiger charge is -2.27. The van der Waals surface area contributed by atoms with Gasteiger partial charge in [-0.3, -0.25) is 0 Å². The van der Waals surface area contributed by atoms with E-state index in [9.17, 15) is 0 Å². The first kappa shape index (κ1) is 9.81. The van der Waals surface area contributed by atoms with Gasteiger partial charge < -0.3 is 10.1 Å². The van der Waals surface area contributed by atoms with Crippen molar-refractivity contribution in [2.45, 2.75) is 18.9 Å². The molecule has 1 atom stereocenters. The second-order valence-electron chi connectivity index (χ2n) is 3.61. The van der Waals surface area contributed by atoms with Crippen LogP contribution in [0, 0.1) is 0 Å². The fraction of sp³-hybridized carbons (Fsp3) is 0.455. The fourth-order valence-electron chi connectivity index (χ4n) is 1.64. The maximum Gasteiger partial charge on any atom is 0.137 e. The molecule has 1 aromatic rings. The molecule has 3 heteroatoms. The lowest BCUT2D eigenvalue weighted by molar-refractivity contribution is 0.369. The van der Waals surface area contributed by atoms with Gasteiger partial charge in [0.2, 0.25) is 0 Å². The lowest BCUT2D eigenvalue weighted by Crippen LogP contribution is -2.44. The van der Waals surface area contributed by atoms with Crippen LogP contribution in [0.3, 0.4) is 0 Å². The first-order chi connectivity index (χ1) is 6.79. The molecule has 0 aromatic heterocycles. The SMILES string of the molecule is COc1ccc(CC2CCN2)cc1Cl. The normalized spacial score (nSPS) is 20.3. The van der Waals surface area contributed by atoms with Gasteiger partial charge in [-0.15, -0.1) is 0 Å². The van der Waals surface area contributed by atoms with Gasteiger partial charge in [-0.05, 0) is 37.1 Å². The molecular weight excluding hydrogens is 198 g/mol. The summed E-state index contributed by atoms with van der Waals surface area (Å²) in [6, 6.07) is 6.63. The molecule has 0 amide bonds. The summed E-state index contributed by atoms with van der Waals surface area (Å²) in [4.78, 5) is 0. The number of nitrogens with one attached hydrogen (secondary N) is 1. The third-order valence-electron chi connectivity index (χ3n) is 2.62. The third kappa shape index (κ3) is 2.02. The Hall–Kier alpha value is -0.730. The molecule has 76 valence electrons. The highest BCUT2D eigenvalue weighted by Gasteiger charge is 2.16. The number of ether oxygens (including phenoxy) is 1. The Morgan fingerprint density at radius 3 is 2.86 bits per heavy atom. The van der Waals surface area contributed by atoms with E-state index in [0.717, 1.165) is 18.7 Å². The predicted octanol–water partition coefficient (Wildman–Crippen LogP) is 2.25. The van der Waals surface area contributed by atoms with Crippen molar-refractivity contribution in [3.05, 3.63) is 28.8 Å². The summed E-state index contributed by atoms with van der Waals surface area (Å²) in [5, 5.41) is 4.07. The van der Waals surface area contributed by atoms with E-state index in [0.29, 0.717) is 11.1 Å². The van der Waals surface area contributed by atoms with Gasteiger partial charge in [0.15, 0.2) is 0 Å². The molecule has 1 saturated heterocycles. The van der Waals surface area contributed by atoms with Gasteiger partial charge in [0, 0.05) is 6.04 Å². The van der Waals surface area contributed by atoms with Gasteiger partial charge in [-0.25, -0.2) is 0 Å². The highest BCUT2D eigenvalue weighted by Crippen LogP contribution is 2.26. The Bertz CT molecular complexity index is 323. The number of rotatable bonds is 3. The summed E-state index contributed by atoms with van der Waals surface area (Å²) >= 11 is 6.03. The molecule has 0 saturated carbocycles. The highest BCUT2D eigenvalue weighted by atomic mass is 35.5. The summed E-state index contributed by atoms with van der Waals surface area (Å²) in [6.07, 6.45) is 2.33. The molecule has 14 heavy (non-hydrogen) atoms. The molecule has 0 bridgehead atoms. The van der Waals surface area contributed by atoms with Crippen molar-refractivity contribution in [1.82, 2.24) is 5.32 Å². The van der Waals surface area contributed by atoms with E-state index in [2.05, 4.69) is 11.4 Å². The number of hydrogen-bond acceptors (Lipinski definition) is 2. The van der Waals surface area contributed by atoms with E-state index in [1.165, 1.54) is 12.0 Å². The molecule has 0 spiro atoms. The first-order valence-corrected chi connectivity index (χ1v) is 5.23. The van der Waals surface area contributed by atoms with Gasteiger partial charge in [-0.2, -0.15) is 0 Å². The fourth-order valence-corrected chi connectivity index (χ4v) is 1.92. The number of methoxy groups -OCH3 is 1. The van der Waals surface area contributed by atoms with Crippen molar-refractivity contribution < 1.29 is 4.74 Å². The molecule has 1 aliphatic heterocycles. The van der Waals surface area contributed by atoms with Crippen molar-refractivity contribution >= 4 is 11.6 Å². The predicted molar refractivity (Wildman–Crippen MR) is 58.1 cm³/mol. The summed E-state index contributed by atoms with van der Waals surface area (Å²) < 4.78 is 5.10. The van der Waals surface area contributed by atoms with E-state index >= 15 is 0 Å². The van der Waals surface area contributed by atoms with Gasteiger partial charge >= 0.3 is 0 Å². The largest absolute Gasteiger partial charge is 0.495 e. The quantitative estimate of drug-likeness (QED) is 0.828. The zero-order valence-electron chi connectivity index (χ0n) is 8.22. The van der Waals surface area contributed by atoms with Gasteiger partial charge in [0.1, 0.15) is 5.75 Å². The number of halogens is 1.